The van der Waals surface area contributed by atoms with E-state index in [-0.39, 0.29) is 11.1 Å². The molecule has 0 amide bonds. The standard InChI is InChI=1S/C43H29F3N4/c1-24-5-9-36-32(13-24)33-14-25(2)6-10-37(33)49(36)40-19-29(23-48)20-41(42(40)30-17-28(22-47)18-31(21-30)43(44,45)46)50-38-11-7-26(3)15-34(38)35-16-27(4)8-12-39(35)50/h5-21H,1-4H3. The van der Waals surface area contributed by atoms with Crippen LogP contribution in [0.5, 0.6) is 0 Å². The second kappa shape index (κ2) is 11.1. The summed E-state index contributed by atoms with van der Waals surface area (Å²) >= 11 is 0. The fourth-order valence-corrected chi connectivity index (χ4v) is 7.35. The van der Waals surface area contributed by atoms with Gasteiger partial charge in [-0.2, -0.15) is 23.7 Å². The second-order valence-electron chi connectivity index (χ2n) is 13.2. The van der Waals surface area contributed by atoms with Gasteiger partial charge in [0.25, 0.3) is 0 Å². The van der Waals surface area contributed by atoms with Crippen LogP contribution in [-0.4, -0.2) is 9.13 Å². The van der Waals surface area contributed by atoms with Crippen LogP contribution in [0.25, 0.3) is 66.1 Å². The Balaban J connectivity index is 1.63. The zero-order valence-electron chi connectivity index (χ0n) is 27.7. The number of fused-ring (bicyclic) bond motifs is 6. The molecule has 0 N–H and O–H groups in total. The number of benzene rings is 6. The minimum Gasteiger partial charge on any atom is -0.308 e. The number of aromatic nitrogens is 2. The molecule has 0 saturated heterocycles. The highest BCUT2D eigenvalue weighted by Gasteiger charge is 2.32. The van der Waals surface area contributed by atoms with Crippen LogP contribution in [0.4, 0.5) is 13.2 Å². The summed E-state index contributed by atoms with van der Waals surface area (Å²) in [5.41, 5.74) is 8.71. The second-order valence-corrected chi connectivity index (χ2v) is 13.2. The Morgan fingerprint density at radius 3 is 1.18 bits per heavy atom. The highest BCUT2D eigenvalue weighted by atomic mass is 19.4. The predicted molar refractivity (Wildman–Crippen MR) is 194 cm³/mol. The van der Waals surface area contributed by atoms with E-state index < -0.39 is 11.7 Å². The Kier molecular flexibility index (Phi) is 6.89. The third-order valence-electron chi connectivity index (χ3n) is 9.54. The van der Waals surface area contributed by atoms with Crippen LogP contribution in [0, 0.1) is 50.4 Å². The summed E-state index contributed by atoms with van der Waals surface area (Å²) in [7, 11) is 0. The molecule has 8 aromatic rings. The lowest BCUT2D eigenvalue weighted by atomic mass is 9.94. The van der Waals surface area contributed by atoms with Gasteiger partial charge in [0.05, 0.1) is 62.3 Å². The van der Waals surface area contributed by atoms with Gasteiger partial charge in [-0.15, -0.1) is 0 Å². The molecule has 8 rings (SSSR count). The van der Waals surface area contributed by atoms with E-state index in [1.807, 2.05) is 91.4 Å². The summed E-state index contributed by atoms with van der Waals surface area (Å²) in [5.74, 6) is 0. The van der Waals surface area contributed by atoms with Crippen molar-refractivity contribution in [3.8, 4) is 34.6 Å². The number of aryl methyl sites for hydroxylation is 4. The van der Waals surface area contributed by atoms with Gasteiger partial charge in [0.15, 0.2) is 0 Å². The lowest BCUT2D eigenvalue weighted by molar-refractivity contribution is -0.137. The molecule has 0 unspecified atom stereocenters. The zero-order chi connectivity index (χ0) is 35.1. The number of nitrogens with zero attached hydrogens (tertiary/aromatic N) is 4. The summed E-state index contributed by atoms with van der Waals surface area (Å²) in [4.78, 5) is 0. The summed E-state index contributed by atoms with van der Waals surface area (Å²) in [6.07, 6.45) is -4.70. The molecular weight excluding hydrogens is 629 g/mol. The molecular formula is C43H29F3N4. The zero-order valence-corrected chi connectivity index (χ0v) is 27.7. The van der Waals surface area contributed by atoms with Crippen LogP contribution in [0.2, 0.25) is 0 Å². The van der Waals surface area contributed by atoms with Gasteiger partial charge in [0, 0.05) is 27.1 Å². The molecule has 4 nitrogen and oxygen atoms in total. The van der Waals surface area contributed by atoms with Gasteiger partial charge in [-0.05, 0) is 112 Å². The molecule has 0 atom stereocenters. The molecule has 0 saturated carbocycles. The van der Waals surface area contributed by atoms with Crippen molar-refractivity contribution in [2.45, 2.75) is 33.9 Å². The lowest BCUT2D eigenvalue weighted by Crippen LogP contribution is -2.08. The van der Waals surface area contributed by atoms with Crippen LogP contribution in [-0.2, 0) is 6.18 Å². The lowest BCUT2D eigenvalue weighted by Gasteiger charge is -2.22. The van der Waals surface area contributed by atoms with Crippen molar-refractivity contribution < 1.29 is 13.2 Å². The molecule has 0 aliphatic heterocycles. The highest BCUT2D eigenvalue weighted by molar-refractivity contribution is 6.12. The van der Waals surface area contributed by atoms with Gasteiger partial charge in [-0.1, -0.05) is 46.5 Å². The van der Waals surface area contributed by atoms with E-state index >= 15 is 0 Å². The van der Waals surface area contributed by atoms with E-state index in [1.165, 1.54) is 6.07 Å². The quantitative estimate of drug-likeness (QED) is 0.190. The Morgan fingerprint density at radius 2 is 0.840 bits per heavy atom. The van der Waals surface area contributed by atoms with E-state index in [9.17, 15) is 23.7 Å². The average Bonchev–Trinajstić information content (AvgIpc) is 3.57. The van der Waals surface area contributed by atoms with Crippen LogP contribution in [0.3, 0.4) is 0 Å². The van der Waals surface area contributed by atoms with E-state index in [4.69, 9.17) is 0 Å². The average molecular weight is 659 g/mol. The van der Waals surface area contributed by atoms with Gasteiger partial charge in [0.1, 0.15) is 0 Å². The first-order chi connectivity index (χ1) is 23.9. The summed E-state index contributed by atoms with van der Waals surface area (Å²) in [6.45, 7) is 8.10. The van der Waals surface area contributed by atoms with Crippen molar-refractivity contribution in [3.05, 3.63) is 142 Å². The number of hydrogen-bond acceptors (Lipinski definition) is 2. The largest absolute Gasteiger partial charge is 0.416 e. The van der Waals surface area contributed by atoms with Gasteiger partial charge < -0.3 is 9.13 Å². The van der Waals surface area contributed by atoms with Gasteiger partial charge >= 0.3 is 6.18 Å². The van der Waals surface area contributed by atoms with Gasteiger partial charge in [0.2, 0.25) is 0 Å². The van der Waals surface area contributed by atoms with Crippen LogP contribution >= 0.6 is 0 Å². The first-order valence-electron chi connectivity index (χ1n) is 16.2. The molecule has 0 spiro atoms. The first-order valence-corrected chi connectivity index (χ1v) is 16.2. The summed E-state index contributed by atoms with van der Waals surface area (Å²) < 4.78 is 47.5. The minimum absolute atomic E-state index is 0.113. The van der Waals surface area contributed by atoms with Crippen molar-refractivity contribution in [2.75, 3.05) is 0 Å². The molecule has 0 aliphatic carbocycles. The van der Waals surface area contributed by atoms with Crippen molar-refractivity contribution in [1.82, 2.24) is 9.13 Å². The van der Waals surface area contributed by atoms with E-state index in [0.717, 1.165) is 78.0 Å². The van der Waals surface area contributed by atoms with E-state index in [1.54, 1.807) is 12.1 Å². The fraction of sp³-hybridized carbons (Fsp3) is 0.116. The molecule has 2 aromatic heterocycles. The van der Waals surface area contributed by atoms with Gasteiger partial charge in [-0.25, -0.2) is 0 Å². The maximum atomic E-state index is 14.5. The van der Waals surface area contributed by atoms with Crippen LogP contribution in [0.15, 0.2) is 103 Å². The first kappa shape index (κ1) is 31.0. The summed E-state index contributed by atoms with van der Waals surface area (Å²) in [6, 6.07) is 35.8. The van der Waals surface area contributed by atoms with Crippen molar-refractivity contribution in [1.29, 1.82) is 10.5 Å². The van der Waals surface area contributed by atoms with Crippen molar-refractivity contribution >= 4 is 43.6 Å². The molecule has 242 valence electrons. The normalized spacial score (nSPS) is 11.9. The Hall–Kier alpha value is -6.31. The molecule has 50 heavy (non-hydrogen) atoms. The van der Waals surface area contributed by atoms with Crippen molar-refractivity contribution in [2.24, 2.45) is 0 Å². The minimum atomic E-state index is -4.70. The Bertz CT molecular complexity index is 2550. The smallest absolute Gasteiger partial charge is 0.308 e. The highest BCUT2D eigenvalue weighted by Crippen LogP contribution is 2.44. The van der Waals surface area contributed by atoms with Crippen molar-refractivity contribution in [3.63, 3.8) is 0 Å². The van der Waals surface area contributed by atoms with Crippen LogP contribution < -0.4 is 0 Å². The third-order valence-corrected chi connectivity index (χ3v) is 9.54. The maximum Gasteiger partial charge on any atom is 0.416 e. The molecule has 0 aliphatic rings. The number of nitriles is 2. The van der Waals surface area contributed by atoms with Gasteiger partial charge in [-0.3, -0.25) is 0 Å². The third kappa shape index (κ3) is 4.82. The molecule has 0 fully saturated rings. The van der Waals surface area contributed by atoms with E-state index in [0.29, 0.717) is 22.5 Å². The molecule has 7 heteroatoms. The number of hydrogen-bond donors (Lipinski definition) is 0. The Morgan fingerprint density at radius 1 is 0.480 bits per heavy atom. The predicted octanol–water partition coefficient (Wildman–Crippen LogP) is 11.5. The number of alkyl halides is 3. The Labute approximate surface area is 286 Å². The SMILES string of the molecule is Cc1ccc2c(c1)c1cc(C)ccc1n2-c1cc(C#N)cc(-n2c3ccc(C)cc3c3cc(C)ccc32)c1-c1cc(C#N)cc(C(F)(F)F)c1. The molecule has 2 heterocycles. The molecule has 6 aromatic carbocycles. The summed E-state index contributed by atoms with van der Waals surface area (Å²) in [5, 5.41) is 24.5. The monoisotopic (exact) mass is 658 g/mol. The van der Waals surface area contributed by atoms with Crippen LogP contribution in [0.1, 0.15) is 38.9 Å². The molecule has 0 bridgehead atoms. The number of rotatable bonds is 3. The number of halogens is 3. The fourth-order valence-electron chi connectivity index (χ4n) is 7.35. The molecule has 0 radical (unpaired) electrons. The topological polar surface area (TPSA) is 57.4 Å². The van der Waals surface area contributed by atoms with E-state index in [2.05, 4.69) is 30.3 Å². The maximum absolute atomic E-state index is 14.5.